The van der Waals surface area contributed by atoms with Crippen LogP contribution in [-0.2, 0) is 17.6 Å². The Morgan fingerprint density at radius 1 is 1.10 bits per heavy atom. The molecule has 0 atom stereocenters. The number of anilines is 1. The summed E-state index contributed by atoms with van der Waals surface area (Å²) in [6, 6.07) is 14.2. The average Bonchev–Trinajstić information content (AvgIpc) is 2.88. The van der Waals surface area contributed by atoms with E-state index in [1.54, 1.807) is 0 Å². The smallest absolute Gasteiger partial charge is 0.228 e. The predicted octanol–water partition coefficient (Wildman–Crippen LogP) is 4.11. The summed E-state index contributed by atoms with van der Waals surface area (Å²) in [4.78, 5) is 12.4. The Kier molecular flexibility index (Phi) is 3.62. The molecule has 3 rings (SSSR count). The number of hydrogen-bond acceptors (Lipinski definition) is 1. The zero-order chi connectivity index (χ0) is 14.1. The minimum absolute atomic E-state index is 0.0415. The Balaban J connectivity index is 1.74. The van der Waals surface area contributed by atoms with Crippen LogP contribution < -0.4 is 5.32 Å². The van der Waals surface area contributed by atoms with Gasteiger partial charge in [-0.05, 0) is 58.5 Å². The normalized spacial score (nSPS) is 14.1. The predicted molar refractivity (Wildman–Crippen MR) is 84.8 cm³/mol. The fraction of sp³-hybridized carbons (Fsp3) is 0.235. The summed E-state index contributed by atoms with van der Waals surface area (Å²) in [6.07, 6.45) is 1.68. The molecule has 102 valence electrons. The molecule has 1 amide bonds. The SMILES string of the molecule is Cc1cccc(NC(=O)C2Cc3ccccc3C2)c1Br. The van der Waals surface area contributed by atoms with E-state index in [9.17, 15) is 4.79 Å². The summed E-state index contributed by atoms with van der Waals surface area (Å²) in [5, 5.41) is 3.04. The van der Waals surface area contributed by atoms with Gasteiger partial charge in [-0.15, -0.1) is 0 Å². The molecular formula is C17H16BrNO. The number of carbonyl (C=O) groups is 1. The molecule has 0 aliphatic heterocycles. The molecule has 1 aliphatic rings. The molecule has 0 bridgehead atoms. The van der Waals surface area contributed by atoms with E-state index in [2.05, 4.69) is 33.4 Å². The summed E-state index contributed by atoms with van der Waals surface area (Å²) in [6.45, 7) is 2.02. The first-order valence-corrected chi connectivity index (χ1v) is 7.57. The van der Waals surface area contributed by atoms with Gasteiger partial charge in [-0.1, -0.05) is 36.4 Å². The number of nitrogens with one attached hydrogen (secondary N) is 1. The van der Waals surface area contributed by atoms with Crippen molar-refractivity contribution >= 4 is 27.5 Å². The summed E-state index contributed by atoms with van der Waals surface area (Å²) < 4.78 is 0.962. The molecular weight excluding hydrogens is 314 g/mol. The molecule has 0 spiro atoms. The van der Waals surface area contributed by atoms with E-state index < -0.39 is 0 Å². The standard InChI is InChI=1S/C17H16BrNO/c1-11-5-4-8-15(16(11)18)19-17(20)14-9-12-6-2-3-7-13(12)10-14/h2-8,14H,9-10H2,1H3,(H,19,20). The second kappa shape index (κ2) is 5.41. The minimum atomic E-state index is 0.0415. The van der Waals surface area contributed by atoms with E-state index in [4.69, 9.17) is 0 Å². The van der Waals surface area contributed by atoms with Gasteiger partial charge >= 0.3 is 0 Å². The van der Waals surface area contributed by atoms with Gasteiger partial charge in [-0.2, -0.15) is 0 Å². The third-order valence-corrected chi connectivity index (χ3v) is 4.92. The van der Waals surface area contributed by atoms with Crippen molar-refractivity contribution in [2.24, 2.45) is 5.92 Å². The van der Waals surface area contributed by atoms with Crippen molar-refractivity contribution in [3.8, 4) is 0 Å². The van der Waals surface area contributed by atoms with Gasteiger partial charge in [0.15, 0.2) is 0 Å². The zero-order valence-electron chi connectivity index (χ0n) is 11.3. The second-order valence-electron chi connectivity index (χ2n) is 5.30. The molecule has 20 heavy (non-hydrogen) atoms. The van der Waals surface area contributed by atoms with Crippen molar-refractivity contribution in [1.29, 1.82) is 0 Å². The van der Waals surface area contributed by atoms with Crippen molar-refractivity contribution in [1.82, 2.24) is 0 Å². The van der Waals surface area contributed by atoms with Crippen LogP contribution in [-0.4, -0.2) is 5.91 Å². The monoisotopic (exact) mass is 329 g/mol. The Bertz CT molecular complexity index is 641. The van der Waals surface area contributed by atoms with Gasteiger partial charge < -0.3 is 5.32 Å². The molecule has 1 aliphatic carbocycles. The van der Waals surface area contributed by atoms with Crippen LogP contribution in [0, 0.1) is 12.8 Å². The van der Waals surface area contributed by atoms with Crippen LogP contribution in [0.2, 0.25) is 0 Å². The van der Waals surface area contributed by atoms with Crippen LogP contribution >= 0.6 is 15.9 Å². The molecule has 0 fully saturated rings. The Hall–Kier alpha value is -1.61. The Morgan fingerprint density at radius 2 is 1.75 bits per heavy atom. The molecule has 2 nitrogen and oxygen atoms in total. The molecule has 0 radical (unpaired) electrons. The summed E-state index contributed by atoms with van der Waals surface area (Å²) in [5.41, 5.74) is 4.58. The van der Waals surface area contributed by atoms with Crippen molar-refractivity contribution in [2.75, 3.05) is 5.32 Å². The van der Waals surface area contributed by atoms with E-state index >= 15 is 0 Å². The van der Waals surface area contributed by atoms with Crippen LogP contribution in [0.5, 0.6) is 0 Å². The van der Waals surface area contributed by atoms with Gasteiger partial charge in [-0.25, -0.2) is 0 Å². The van der Waals surface area contributed by atoms with E-state index in [-0.39, 0.29) is 11.8 Å². The average molecular weight is 330 g/mol. The maximum absolute atomic E-state index is 12.4. The Morgan fingerprint density at radius 3 is 2.40 bits per heavy atom. The van der Waals surface area contributed by atoms with E-state index in [0.717, 1.165) is 28.6 Å². The number of carbonyl (C=O) groups excluding carboxylic acids is 1. The van der Waals surface area contributed by atoms with Gasteiger partial charge in [0.1, 0.15) is 0 Å². The van der Waals surface area contributed by atoms with Crippen LogP contribution in [0.1, 0.15) is 16.7 Å². The lowest BCUT2D eigenvalue weighted by Crippen LogP contribution is -2.23. The maximum Gasteiger partial charge on any atom is 0.228 e. The van der Waals surface area contributed by atoms with Crippen molar-refractivity contribution in [2.45, 2.75) is 19.8 Å². The summed E-state index contributed by atoms with van der Waals surface area (Å²) >= 11 is 3.53. The zero-order valence-corrected chi connectivity index (χ0v) is 12.9. The van der Waals surface area contributed by atoms with Crippen molar-refractivity contribution < 1.29 is 4.79 Å². The van der Waals surface area contributed by atoms with Crippen LogP contribution in [0.15, 0.2) is 46.9 Å². The lowest BCUT2D eigenvalue weighted by molar-refractivity contribution is -0.119. The molecule has 2 aromatic carbocycles. The quantitative estimate of drug-likeness (QED) is 0.882. The number of hydrogen-bond donors (Lipinski definition) is 1. The van der Waals surface area contributed by atoms with Gasteiger partial charge in [-0.3, -0.25) is 4.79 Å². The highest BCUT2D eigenvalue weighted by Crippen LogP contribution is 2.30. The molecule has 3 heteroatoms. The van der Waals surface area contributed by atoms with Crippen LogP contribution in [0.4, 0.5) is 5.69 Å². The molecule has 0 aromatic heterocycles. The van der Waals surface area contributed by atoms with E-state index in [1.807, 2.05) is 37.3 Å². The van der Waals surface area contributed by atoms with Gasteiger partial charge in [0, 0.05) is 10.4 Å². The first kappa shape index (κ1) is 13.4. The van der Waals surface area contributed by atoms with E-state index in [0.29, 0.717) is 0 Å². The lowest BCUT2D eigenvalue weighted by Gasteiger charge is -2.12. The first-order chi connectivity index (χ1) is 9.65. The largest absolute Gasteiger partial charge is 0.325 e. The summed E-state index contributed by atoms with van der Waals surface area (Å²) in [5.74, 6) is 0.146. The molecule has 0 unspecified atom stereocenters. The summed E-state index contributed by atoms with van der Waals surface area (Å²) in [7, 11) is 0. The number of aryl methyl sites for hydroxylation is 1. The third-order valence-electron chi connectivity index (χ3n) is 3.87. The first-order valence-electron chi connectivity index (χ1n) is 6.78. The number of fused-ring (bicyclic) bond motifs is 1. The highest BCUT2D eigenvalue weighted by molar-refractivity contribution is 9.10. The van der Waals surface area contributed by atoms with Crippen molar-refractivity contribution in [3.63, 3.8) is 0 Å². The highest BCUT2D eigenvalue weighted by Gasteiger charge is 2.27. The molecule has 0 heterocycles. The van der Waals surface area contributed by atoms with Gasteiger partial charge in [0.25, 0.3) is 0 Å². The number of benzene rings is 2. The fourth-order valence-corrected chi connectivity index (χ4v) is 3.09. The van der Waals surface area contributed by atoms with E-state index in [1.165, 1.54) is 11.1 Å². The van der Waals surface area contributed by atoms with Gasteiger partial charge in [0.05, 0.1) is 5.69 Å². The molecule has 1 N–H and O–H groups in total. The maximum atomic E-state index is 12.4. The van der Waals surface area contributed by atoms with Crippen LogP contribution in [0.3, 0.4) is 0 Å². The molecule has 0 saturated heterocycles. The van der Waals surface area contributed by atoms with Crippen LogP contribution in [0.25, 0.3) is 0 Å². The number of rotatable bonds is 2. The molecule has 2 aromatic rings. The van der Waals surface area contributed by atoms with Gasteiger partial charge in [0.2, 0.25) is 5.91 Å². The topological polar surface area (TPSA) is 29.1 Å². The highest BCUT2D eigenvalue weighted by atomic mass is 79.9. The third kappa shape index (κ3) is 2.50. The fourth-order valence-electron chi connectivity index (χ4n) is 2.72. The second-order valence-corrected chi connectivity index (χ2v) is 6.09. The van der Waals surface area contributed by atoms with Crippen molar-refractivity contribution in [3.05, 3.63) is 63.6 Å². The molecule has 0 saturated carbocycles. The minimum Gasteiger partial charge on any atom is -0.325 e. The number of amides is 1. The number of halogens is 1. The Labute approximate surface area is 127 Å². The lowest BCUT2D eigenvalue weighted by atomic mass is 10.1.